The van der Waals surface area contributed by atoms with Crippen molar-refractivity contribution in [1.82, 2.24) is 31.9 Å². The number of anilines is 4. The molecule has 14 N–H and O–H groups in total. The summed E-state index contributed by atoms with van der Waals surface area (Å²) in [5, 5.41) is 47.3. The highest BCUT2D eigenvalue weighted by molar-refractivity contribution is 7.91. The Morgan fingerprint density at radius 2 is 0.726 bits per heavy atom. The zero-order valence-electron chi connectivity index (χ0n) is 77.4. The predicted octanol–water partition coefficient (Wildman–Crippen LogP) is 13.5. The van der Waals surface area contributed by atoms with Crippen molar-refractivity contribution in [1.29, 1.82) is 0 Å². The first-order chi connectivity index (χ1) is 57.8. The van der Waals surface area contributed by atoms with E-state index < -0.39 is 149 Å². The van der Waals surface area contributed by atoms with Gasteiger partial charge in [-0.3, -0.25) is 19.2 Å². The van der Waals surface area contributed by atoms with Crippen molar-refractivity contribution in [3.05, 3.63) is 107 Å². The summed E-state index contributed by atoms with van der Waals surface area (Å²) in [4.78, 5) is 108. The minimum Gasteiger partial charge on any atom is -0.444 e. The van der Waals surface area contributed by atoms with Crippen molar-refractivity contribution in [2.75, 3.05) is 86.3 Å². The fourth-order valence-corrected chi connectivity index (χ4v) is 19.9. The number of alkyl carbamates (subject to hydrolysis) is 4. The molecule has 124 heavy (non-hydrogen) atoms. The zero-order chi connectivity index (χ0) is 92.9. The molecule has 30 nitrogen and oxygen atoms in total. The van der Waals surface area contributed by atoms with Gasteiger partial charge in [0.25, 0.3) is 0 Å². The van der Waals surface area contributed by atoms with Crippen LogP contribution in [-0.2, 0) is 57.8 Å². The van der Waals surface area contributed by atoms with Crippen LogP contribution in [0.15, 0.2) is 94.7 Å². The van der Waals surface area contributed by atoms with Crippen LogP contribution >= 0.6 is 0 Å². The maximum absolute atomic E-state index is 14.2. The van der Waals surface area contributed by atoms with Gasteiger partial charge in [-0.2, -0.15) is 0 Å². The van der Waals surface area contributed by atoms with Crippen LogP contribution in [0.4, 0.5) is 41.9 Å². The highest BCUT2D eigenvalue weighted by Gasteiger charge is 2.51. The van der Waals surface area contributed by atoms with E-state index in [4.69, 9.17) is 30.4 Å². The molecule has 0 spiro atoms. The van der Waals surface area contributed by atoms with Gasteiger partial charge in [-0.25, -0.2) is 36.0 Å². The van der Waals surface area contributed by atoms with Crippen LogP contribution in [0.1, 0.15) is 273 Å². The fourth-order valence-electron chi connectivity index (χ4n) is 15.4. The number of rotatable bonds is 40. The molecular formula is C92H148N12O18S2. The van der Waals surface area contributed by atoms with Crippen LogP contribution < -0.4 is 63.8 Å². The number of sulfone groups is 2. The van der Waals surface area contributed by atoms with Crippen LogP contribution in [0.5, 0.6) is 0 Å². The first-order valence-electron chi connectivity index (χ1n) is 44.1. The number of carbonyl (C=O) groups is 8. The fraction of sp³-hybridized carbons (Fsp3) is 0.652. The van der Waals surface area contributed by atoms with Crippen LogP contribution in [-0.4, -0.2) is 200 Å². The molecule has 2 aliphatic rings. The van der Waals surface area contributed by atoms with Gasteiger partial charge in [0, 0.05) is 99.8 Å². The average Bonchev–Trinajstić information content (AvgIpc) is 1.59. The molecule has 696 valence electrons. The average molecular weight is 1770 g/mol. The third kappa shape index (κ3) is 33.8. The first-order valence-corrected chi connectivity index (χ1v) is 47.4. The van der Waals surface area contributed by atoms with E-state index >= 15 is 0 Å². The van der Waals surface area contributed by atoms with Gasteiger partial charge >= 0.3 is 24.4 Å². The number of nitrogens with zero attached hydrogens (tertiary/aromatic N) is 2. The van der Waals surface area contributed by atoms with Crippen LogP contribution in [0.2, 0.25) is 0 Å². The van der Waals surface area contributed by atoms with Crippen molar-refractivity contribution in [2.45, 2.75) is 320 Å². The Morgan fingerprint density at radius 1 is 0.427 bits per heavy atom. The Balaban J connectivity index is 0.000000440. The molecule has 4 aromatic rings. The number of carbonyl (C=O) groups excluding carboxylic acids is 8. The second kappa shape index (κ2) is 47.7. The standard InChI is InChI=1S/2C46H74N6O9S/c2*1-11-13-25-46(12-2)30-62(58,59)37-24-23-33(52(9)10)29-34(37)38(39(46)53)31-19-18-20-32(28-31)50-41(55)36(22-15-17-27-49-43(57)61-45(6,7)8)51-40(54)35(47)21-14-16-26-48-42(56)60-44(3,4)5/h2*18-20,23-24,28-29,35-36,38-39,53H,11-17,21-22,25-27,30,47H2,1-10H3,(H,48,56)(H,49,57)(H,50,55)(H,51,54)/t35-,36-,38+,39+,46+;35-,36-,38-,39-,46-/m11/s1. The highest BCUT2D eigenvalue weighted by Crippen LogP contribution is 2.52. The number of benzene rings is 4. The van der Waals surface area contributed by atoms with Gasteiger partial charge in [-0.05, 0) is 269 Å². The van der Waals surface area contributed by atoms with Crippen molar-refractivity contribution in [3.63, 3.8) is 0 Å². The number of nitrogens with two attached hydrogens (primary N) is 2. The smallest absolute Gasteiger partial charge is 0.407 e. The molecule has 8 amide bonds. The second-order valence-electron chi connectivity index (χ2n) is 37.5. The molecule has 0 fully saturated rings. The minimum atomic E-state index is -3.80. The van der Waals surface area contributed by atoms with Gasteiger partial charge in [0.15, 0.2) is 19.7 Å². The van der Waals surface area contributed by atoms with Crippen molar-refractivity contribution in [2.24, 2.45) is 22.3 Å². The first kappa shape index (κ1) is 106. The van der Waals surface area contributed by atoms with Gasteiger partial charge in [0.05, 0.1) is 45.6 Å². The summed E-state index contributed by atoms with van der Waals surface area (Å²) >= 11 is 0. The van der Waals surface area contributed by atoms with Crippen LogP contribution in [0, 0.1) is 10.8 Å². The van der Waals surface area contributed by atoms with Gasteiger partial charge in [0.1, 0.15) is 34.5 Å². The Morgan fingerprint density at radius 3 is 1.00 bits per heavy atom. The lowest BCUT2D eigenvalue weighted by atomic mass is 9.69. The Labute approximate surface area is 738 Å². The van der Waals surface area contributed by atoms with E-state index in [0.717, 1.165) is 37.1 Å². The lowest BCUT2D eigenvalue weighted by Gasteiger charge is -2.39. The molecule has 2 heterocycles. The van der Waals surface area contributed by atoms with E-state index in [-0.39, 0.29) is 34.1 Å². The number of fused-ring (bicyclic) bond motifs is 2. The third-order valence-corrected chi connectivity index (χ3v) is 26.0. The topological polar surface area (TPSA) is 437 Å². The predicted molar refractivity (Wildman–Crippen MR) is 488 cm³/mol. The number of amides is 8. The molecule has 32 heteroatoms. The molecule has 10 atom stereocenters. The zero-order valence-corrected chi connectivity index (χ0v) is 79.0. The van der Waals surface area contributed by atoms with E-state index in [1.165, 1.54) is 0 Å². The molecule has 0 aromatic heterocycles. The lowest BCUT2D eigenvalue weighted by Crippen LogP contribution is -2.50. The van der Waals surface area contributed by atoms with Crippen molar-refractivity contribution in [3.8, 4) is 0 Å². The summed E-state index contributed by atoms with van der Waals surface area (Å²) in [6, 6.07) is 20.8. The molecule has 2 aliphatic heterocycles. The van der Waals surface area contributed by atoms with E-state index in [2.05, 4.69) is 42.5 Å². The van der Waals surface area contributed by atoms with Gasteiger partial charge in [-0.1, -0.05) is 77.6 Å². The number of hydrogen-bond donors (Lipinski definition) is 12. The van der Waals surface area contributed by atoms with Gasteiger partial charge in [0.2, 0.25) is 23.6 Å². The molecular weight excluding hydrogens is 1630 g/mol. The van der Waals surface area contributed by atoms with Gasteiger partial charge < -0.3 is 93.0 Å². The summed E-state index contributed by atoms with van der Waals surface area (Å²) in [6.07, 6.45) is 6.09. The Bertz CT molecular complexity index is 4130. The van der Waals surface area contributed by atoms with E-state index in [0.29, 0.717) is 150 Å². The molecule has 0 radical (unpaired) electrons. The third-order valence-electron chi connectivity index (χ3n) is 22.0. The number of hydrogen-bond acceptors (Lipinski definition) is 22. The maximum Gasteiger partial charge on any atom is 0.407 e. The lowest BCUT2D eigenvalue weighted by molar-refractivity contribution is -0.127. The molecule has 6 rings (SSSR count). The van der Waals surface area contributed by atoms with Gasteiger partial charge in [-0.15, -0.1) is 0 Å². The molecule has 0 bridgehead atoms. The quantitative estimate of drug-likeness (QED) is 0.0145. The van der Waals surface area contributed by atoms with Crippen molar-refractivity contribution >= 4 is 90.4 Å². The minimum absolute atomic E-state index is 0.182. The normalized spacial score (nSPS) is 19.5. The second-order valence-corrected chi connectivity index (χ2v) is 41.4. The molecule has 0 saturated carbocycles. The summed E-state index contributed by atoms with van der Waals surface area (Å²) in [5.74, 6) is -3.83. The number of aliphatic hydroxyl groups excluding tert-OH is 2. The Hall–Kier alpha value is -8.82. The van der Waals surface area contributed by atoms with Crippen LogP contribution in [0.3, 0.4) is 0 Å². The van der Waals surface area contributed by atoms with E-state index in [1.807, 2.05) is 90.0 Å². The maximum atomic E-state index is 14.2. The summed E-state index contributed by atoms with van der Waals surface area (Å²) in [6.45, 7) is 30.5. The molecule has 0 saturated heterocycles. The molecule has 0 unspecified atom stereocenters. The van der Waals surface area contributed by atoms with Crippen LogP contribution in [0.25, 0.3) is 0 Å². The highest BCUT2D eigenvalue weighted by atomic mass is 32.2. The Kier molecular flexibility index (Phi) is 40.6. The number of unbranched alkanes of at least 4 members (excludes halogenated alkanes) is 6. The van der Waals surface area contributed by atoms with E-state index in [1.54, 1.807) is 144 Å². The largest absolute Gasteiger partial charge is 0.444 e. The number of ether oxygens (including phenoxy) is 4. The van der Waals surface area contributed by atoms with E-state index in [9.17, 15) is 65.4 Å². The monoisotopic (exact) mass is 1770 g/mol. The van der Waals surface area contributed by atoms with Crippen molar-refractivity contribution < 1.29 is 84.4 Å². The summed E-state index contributed by atoms with van der Waals surface area (Å²) in [7, 11) is -0.105. The SMILES string of the molecule is CCCC[C@@]1(CC)CS(=O)(=O)c2ccc(N(C)C)cc2[C@H](c2cccc(NC(=O)[C@@H](CCCCNC(=O)OC(C)(C)C)NC(=O)[C@H](N)CCCCNC(=O)OC(C)(C)C)c2)[C@@H]1O.CCCC[C@]1(CC)CS(=O)(=O)c2ccc(N(C)C)cc2[C@@H](c2cccc(NC(=O)[C@@H](CCCCNC(=O)OC(C)(C)C)NC(=O)[C@H](N)CCCCNC(=O)OC(C)(C)C)c2)[C@H]1O. The summed E-state index contributed by atoms with van der Waals surface area (Å²) < 4.78 is 77.8. The summed E-state index contributed by atoms with van der Waals surface area (Å²) in [5.41, 5.74) is 12.9. The molecule has 4 aromatic carbocycles. The molecule has 0 aliphatic carbocycles. The number of nitrogens with one attached hydrogen (secondary N) is 8. The number of aliphatic hydroxyl groups is 2.